The minimum Gasteiger partial charge on any atom is -0.497 e. The molecule has 1 saturated heterocycles. The lowest BCUT2D eigenvalue weighted by Gasteiger charge is -2.35. The van der Waals surface area contributed by atoms with Crippen LogP contribution < -0.4 is 14.4 Å². The first-order valence-electron chi connectivity index (χ1n) is 12.2. The molecule has 0 aliphatic carbocycles. The lowest BCUT2D eigenvalue weighted by molar-refractivity contribution is 0.0746. The van der Waals surface area contributed by atoms with Gasteiger partial charge in [0, 0.05) is 42.2 Å². The summed E-state index contributed by atoms with van der Waals surface area (Å²) < 4.78 is 12.8. The fraction of sp³-hybridized carbons (Fsp3) is 0.214. The first-order valence-corrected chi connectivity index (χ1v) is 12.6. The first-order chi connectivity index (χ1) is 18.6. The van der Waals surface area contributed by atoms with Gasteiger partial charge in [0.1, 0.15) is 11.5 Å². The van der Waals surface area contributed by atoms with Crippen LogP contribution in [0.4, 0.5) is 5.95 Å². The lowest BCUT2D eigenvalue weighted by Crippen LogP contribution is -2.49. The van der Waals surface area contributed by atoms with Crippen LogP contribution in [0.1, 0.15) is 10.4 Å². The molecule has 1 fully saturated rings. The van der Waals surface area contributed by atoms with E-state index in [0.717, 1.165) is 22.2 Å². The van der Waals surface area contributed by atoms with Crippen LogP contribution in [0, 0.1) is 0 Å². The molecule has 0 N–H and O–H groups in total. The highest BCUT2D eigenvalue weighted by Crippen LogP contribution is 2.34. The largest absolute Gasteiger partial charge is 0.497 e. The maximum atomic E-state index is 13.1. The molecule has 0 spiro atoms. The quantitative estimate of drug-likeness (QED) is 0.330. The van der Waals surface area contributed by atoms with E-state index in [1.807, 2.05) is 51.8 Å². The van der Waals surface area contributed by atoms with Crippen LogP contribution >= 0.6 is 11.6 Å². The maximum Gasteiger partial charge on any atom is 0.253 e. The van der Waals surface area contributed by atoms with E-state index in [9.17, 15) is 4.79 Å². The molecular formula is C28H25ClN6O3. The molecule has 0 bridgehead atoms. The molecule has 5 aromatic rings. The van der Waals surface area contributed by atoms with E-state index in [1.54, 1.807) is 38.5 Å². The second kappa shape index (κ2) is 9.83. The Labute approximate surface area is 224 Å². The van der Waals surface area contributed by atoms with E-state index in [0.29, 0.717) is 59.9 Å². The second-order valence-corrected chi connectivity index (χ2v) is 9.40. The smallest absolute Gasteiger partial charge is 0.253 e. The number of aromatic nitrogens is 4. The molecule has 38 heavy (non-hydrogen) atoms. The van der Waals surface area contributed by atoms with E-state index in [1.165, 1.54) is 0 Å². The predicted molar refractivity (Wildman–Crippen MR) is 146 cm³/mol. The number of benzene rings is 3. The van der Waals surface area contributed by atoms with Gasteiger partial charge in [0.15, 0.2) is 11.5 Å². The highest BCUT2D eigenvalue weighted by atomic mass is 35.5. The number of halogens is 1. The summed E-state index contributed by atoms with van der Waals surface area (Å²) in [4.78, 5) is 22.2. The number of hydrogen-bond acceptors (Lipinski definition) is 7. The summed E-state index contributed by atoms with van der Waals surface area (Å²) in [5, 5.41) is 10.6. The summed E-state index contributed by atoms with van der Waals surface area (Å²) in [6.07, 6.45) is 0. The summed E-state index contributed by atoms with van der Waals surface area (Å²) >= 11 is 6.31. The van der Waals surface area contributed by atoms with Crippen molar-refractivity contribution < 1.29 is 14.3 Å². The van der Waals surface area contributed by atoms with Crippen molar-refractivity contribution in [3.63, 3.8) is 0 Å². The third kappa shape index (κ3) is 4.14. The number of nitrogens with zero attached hydrogens (tertiary/aromatic N) is 6. The number of fused-ring (bicyclic) bond motifs is 3. The number of amides is 1. The van der Waals surface area contributed by atoms with Gasteiger partial charge in [-0.1, -0.05) is 23.7 Å². The second-order valence-electron chi connectivity index (χ2n) is 8.96. The SMILES string of the molecule is COc1ccc(C(=O)N2CCN(c3nc4cc(Cl)ccc4c4nnc(-c5ccccc5OC)n34)CC2)cc1. The van der Waals surface area contributed by atoms with Crippen LogP contribution in [-0.4, -0.2) is 70.8 Å². The standard InChI is InChI=1S/C28H25ClN6O3/c1-37-20-10-7-18(8-11-20)27(36)33-13-15-34(16-14-33)28-30-23-17-19(29)9-12-21(23)25-31-32-26(35(25)28)22-5-3-4-6-24(22)38-2/h3-12,17H,13-16H2,1-2H3. The predicted octanol–water partition coefficient (Wildman–Crippen LogP) is 4.58. The number of methoxy groups -OCH3 is 2. The molecule has 192 valence electrons. The molecule has 1 aliphatic rings. The molecule has 10 heteroatoms. The van der Waals surface area contributed by atoms with Gasteiger partial charge in [0.05, 0.1) is 25.3 Å². The zero-order valence-corrected chi connectivity index (χ0v) is 21.7. The van der Waals surface area contributed by atoms with Crippen LogP contribution in [-0.2, 0) is 0 Å². The van der Waals surface area contributed by atoms with Crippen molar-refractivity contribution in [1.29, 1.82) is 0 Å². The molecule has 0 atom stereocenters. The molecular weight excluding hydrogens is 504 g/mol. The fourth-order valence-corrected chi connectivity index (χ4v) is 5.00. The molecule has 0 radical (unpaired) electrons. The van der Waals surface area contributed by atoms with E-state index < -0.39 is 0 Å². The van der Waals surface area contributed by atoms with Crippen LogP contribution in [0.5, 0.6) is 11.5 Å². The summed E-state index contributed by atoms with van der Waals surface area (Å²) in [6, 6.07) is 20.5. The van der Waals surface area contributed by atoms with Gasteiger partial charge in [0.25, 0.3) is 5.91 Å². The number of ether oxygens (including phenoxy) is 2. The van der Waals surface area contributed by atoms with Gasteiger partial charge in [-0.25, -0.2) is 9.38 Å². The normalized spacial score (nSPS) is 13.8. The van der Waals surface area contributed by atoms with Gasteiger partial charge >= 0.3 is 0 Å². The third-order valence-electron chi connectivity index (χ3n) is 6.82. The maximum absolute atomic E-state index is 13.1. The summed E-state index contributed by atoms with van der Waals surface area (Å²) in [7, 11) is 3.24. The number of anilines is 1. The fourth-order valence-electron chi connectivity index (χ4n) is 4.83. The number of para-hydroxylation sites is 1. The molecule has 0 saturated carbocycles. The highest BCUT2D eigenvalue weighted by Gasteiger charge is 2.27. The number of rotatable bonds is 5. The van der Waals surface area contributed by atoms with Crippen molar-refractivity contribution in [2.24, 2.45) is 0 Å². The van der Waals surface area contributed by atoms with Crippen molar-refractivity contribution >= 4 is 40.0 Å². The Morgan fingerprint density at radius 2 is 1.66 bits per heavy atom. The van der Waals surface area contributed by atoms with Crippen LogP contribution in [0.25, 0.3) is 27.9 Å². The minimum atomic E-state index is -0.00490. The van der Waals surface area contributed by atoms with Crippen molar-refractivity contribution in [3.8, 4) is 22.9 Å². The average Bonchev–Trinajstić information content (AvgIpc) is 3.41. The topological polar surface area (TPSA) is 85.1 Å². The van der Waals surface area contributed by atoms with E-state index >= 15 is 0 Å². The third-order valence-corrected chi connectivity index (χ3v) is 7.05. The Morgan fingerprint density at radius 3 is 2.39 bits per heavy atom. The molecule has 2 aromatic heterocycles. The Bertz CT molecular complexity index is 1640. The van der Waals surface area contributed by atoms with Crippen molar-refractivity contribution in [2.75, 3.05) is 45.3 Å². The van der Waals surface area contributed by atoms with Gasteiger partial charge in [0.2, 0.25) is 5.95 Å². The lowest BCUT2D eigenvalue weighted by atomic mass is 10.1. The highest BCUT2D eigenvalue weighted by molar-refractivity contribution is 6.31. The monoisotopic (exact) mass is 528 g/mol. The Morgan fingerprint density at radius 1 is 0.895 bits per heavy atom. The molecule has 6 rings (SSSR count). The molecule has 3 heterocycles. The summed E-state index contributed by atoms with van der Waals surface area (Å²) in [5.74, 6) is 2.73. The first kappa shape index (κ1) is 24.0. The molecule has 1 aliphatic heterocycles. The Balaban J connectivity index is 1.38. The van der Waals surface area contributed by atoms with E-state index in [4.69, 9.17) is 26.1 Å². The van der Waals surface area contributed by atoms with Gasteiger partial charge in [-0.2, -0.15) is 0 Å². The Hall–Kier alpha value is -4.37. The summed E-state index contributed by atoms with van der Waals surface area (Å²) in [5.41, 5.74) is 2.86. The number of hydrogen-bond donors (Lipinski definition) is 0. The average molecular weight is 529 g/mol. The zero-order valence-electron chi connectivity index (χ0n) is 21.0. The van der Waals surface area contributed by atoms with E-state index in [-0.39, 0.29) is 5.91 Å². The zero-order chi connectivity index (χ0) is 26.2. The number of carbonyl (C=O) groups excluding carboxylic acids is 1. The van der Waals surface area contributed by atoms with Crippen LogP contribution in [0.3, 0.4) is 0 Å². The number of carbonyl (C=O) groups is 1. The Kier molecular flexibility index (Phi) is 6.21. The van der Waals surface area contributed by atoms with E-state index in [2.05, 4.69) is 15.1 Å². The molecule has 0 unspecified atom stereocenters. The van der Waals surface area contributed by atoms with Gasteiger partial charge in [-0.15, -0.1) is 10.2 Å². The summed E-state index contributed by atoms with van der Waals surface area (Å²) in [6.45, 7) is 2.29. The van der Waals surface area contributed by atoms with Crippen LogP contribution in [0.2, 0.25) is 5.02 Å². The van der Waals surface area contributed by atoms with Crippen molar-refractivity contribution in [1.82, 2.24) is 24.5 Å². The minimum absolute atomic E-state index is 0.00490. The van der Waals surface area contributed by atoms with Crippen molar-refractivity contribution in [2.45, 2.75) is 0 Å². The molecule has 9 nitrogen and oxygen atoms in total. The van der Waals surface area contributed by atoms with Gasteiger partial charge < -0.3 is 19.3 Å². The van der Waals surface area contributed by atoms with Crippen LogP contribution in [0.15, 0.2) is 66.7 Å². The number of piperazine rings is 1. The van der Waals surface area contributed by atoms with Crippen molar-refractivity contribution in [3.05, 3.63) is 77.3 Å². The molecule has 1 amide bonds. The van der Waals surface area contributed by atoms with Gasteiger partial charge in [-0.3, -0.25) is 4.79 Å². The molecule has 3 aromatic carbocycles. The van der Waals surface area contributed by atoms with Gasteiger partial charge in [-0.05, 0) is 54.6 Å².